The molecule has 1 aromatic heterocycles. The summed E-state index contributed by atoms with van der Waals surface area (Å²) in [5, 5.41) is 12.2. The number of thiophene rings is 1. The second-order valence-electron chi connectivity index (χ2n) is 4.98. The van der Waals surface area contributed by atoms with E-state index in [9.17, 15) is 4.39 Å². The zero-order valence-corrected chi connectivity index (χ0v) is 12.9. The van der Waals surface area contributed by atoms with Crippen molar-refractivity contribution in [3.05, 3.63) is 50.5 Å². The normalized spacial score (nSPS) is 12.0. The molecule has 0 radical (unpaired) electrons. The fourth-order valence-corrected chi connectivity index (χ4v) is 3.31. The molecule has 2 rings (SSSR count). The smallest absolute Gasteiger partial charge is 0.129 e. The van der Waals surface area contributed by atoms with Crippen molar-refractivity contribution in [1.82, 2.24) is 0 Å². The Morgan fingerprint density at radius 1 is 1.25 bits per heavy atom. The van der Waals surface area contributed by atoms with E-state index in [1.807, 2.05) is 13.0 Å². The number of hydrogen-bond acceptors (Lipinski definition) is 3. The van der Waals surface area contributed by atoms with Crippen molar-refractivity contribution in [3.8, 4) is 6.07 Å². The molecule has 4 heteroatoms. The number of hydrogen-bond donors (Lipinski definition) is 1. The first-order valence-electron chi connectivity index (χ1n) is 6.46. The summed E-state index contributed by atoms with van der Waals surface area (Å²) in [5.74, 6) is -0.350. The van der Waals surface area contributed by atoms with Gasteiger partial charge in [-0.15, -0.1) is 11.3 Å². The molecule has 20 heavy (non-hydrogen) atoms. The summed E-state index contributed by atoms with van der Waals surface area (Å²) in [5.41, 5.74) is 2.77. The summed E-state index contributed by atoms with van der Waals surface area (Å²) < 4.78 is 13.8. The summed E-state index contributed by atoms with van der Waals surface area (Å²) in [6, 6.07) is 7.18. The van der Waals surface area contributed by atoms with Crippen LogP contribution >= 0.6 is 11.3 Å². The first-order chi connectivity index (χ1) is 9.42. The van der Waals surface area contributed by atoms with Gasteiger partial charge in [0, 0.05) is 27.0 Å². The molecule has 2 aromatic rings. The highest BCUT2D eigenvalue weighted by molar-refractivity contribution is 7.12. The van der Waals surface area contributed by atoms with Crippen LogP contribution in [0.4, 0.5) is 10.1 Å². The maximum Gasteiger partial charge on any atom is 0.129 e. The number of nitrogens with one attached hydrogen (secondary N) is 1. The van der Waals surface area contributed by atoms with E-state index in [1.54, 1.807) is 24.3 Å². The topological polar surface area (TPSA) is 35.8 Å². The van der Waals surface area contributed by atoms with Crippen LogP contribution in [0.3, 0.4) is 0 Å². The first-order valence-corrected chi connectivity index (χ1v) is 7.27. The van der Waals surface area contributed by atoms with Gasteiger partial charge in [-0.1, -0.05) is 0 Å². The van der Waals surface area contributed by atoms with Crippen LogP contribution in [0.15, 0.2) is 18.2 Å². The number of benzene rings is 1. The molecule has 1 unspecified atom stereocenters. The lowest BCUT2D eigenvalue weighted by atomic mass is 10.1. The molecule has 0 saturated heterocycles. The van der Waals surface area contributed by atoms with Gasteiger partial charge >= 0.3 is 0 Å². The summed E-state index contributed by atoms with van der Waals surface area (Å²) in [6.07, 6.45) is 0. The SMILES string of the molecule is Cc1cc(C(C)Nc2cc(C#N)cc(F)c2C)c(C)s1. The third kappa shape index (κ3) is 2.83. The van der Waals surface area contributed by atoms with Gasteiger partial charge in [0.15, 0.2) is 0 Å². The van der Waals surface area contributed by atoms with Crippen LogP contribution in [0.25, 0.3) is 0 Å². The molecule has 0 spiro atoms. The Morgan fingerprint density at radius 2 is 1.95 bits per heavy atom. The Kier molecular flexibility index (Phi) is 4.10. The van der Waals surface area contributed by atoms with Crippen LogP contribution in [-0.4, -0.2) is 0 Å². The molecule has 0 saturated carbocycles. The van der Waals surface area contributed by atoms with Crippen molar-refractivity contribution < 1.29 is 4.39 Å². The van der Waals surface area contributed by atoms with Crippen LogP contribution in [0.5, 0.6) is 0 Å². The Hall–Kier alpha value is -1.86. The number of aryl methyl sites for hydroxylation is 2. The van der Waals surface area contributed by atoms with E-state index in [4.69, 9.17) is 5.26 Å². The van der Waals surface area contributed by atoms with Crippen LogP contribution in [0.1, 0.15) is 39.4 Å². The lowest BCUT2D eigenvalue weighted by Crippen LogP contribution is -2.09. The van der Waals surface area contributed by atoms with Crippen LogP contribution in [0, 0.1) is 37.9 Å². The van der Waals surface area contributed by atoms with E-state index < -0.39 is 0 Å². The highest BCUT2D eigenvalue weighted by atomic mass is 32.1. The van der Waals surface area contributed by atoms with E-state index in [0.717, 1.165) is 0 Å². The van der Waals surface area contributed by atoms with Crippen molar-refractivity contribution >= 4 is 17.0 Å². The fraction of sp³-hybridized carbons (Fsp3) is 0.312. The molecule has 1 heterocycles. The van der Waals surface area contributed by atoms with Crippen molar-refractivity contribution in [1.29, 1.82) is 5.26 Å². The van der Waals surface area contributed by atoms with E-state index in [1.165, 1.54) is 21.4 Å². The van der Waals surface area contributed by atoms with Gasteiger partial charge in [-0.2, -0.15) is 5.26 Å². The predicted molar refractivity (Wildman–Crippen MR) is 81.7 cm³/mol. The number of rotatable bonds is 3. The van der Waals surface area contributed by atoms with Crippen LogP contribution in [-0.2, 0) is 0 Å². The van der Waals surface area contributed by atoms with Gasteiger partial charge in [0.2, 0.25) is 0 Å². The van der Waals surface area contributed by atoms with E-state index >= 15 is 0 Å². The quantitative estimate of drug-likeness (QED) is 0.875. The maximum atomic E-state index is 13.8. The zero-order valence-electron chi connectivity index (χ0n) is 12.0. The molecule has 1 N–H and O–H groups in total. The monoisotopic (exact) mass is 288 g/mol. The Labute approximate surface area is 122 Å². The van der Waals surface area contributed by atoms with Crippen LogP contribution in [0.2, 0.25) is 0 Å². The second kappa shape index (κ2) is 5.64. The maximum absolute atomic E-state index is 13.8. The van der Waals surface area contributed by atoms with Gasteiger partial charge < -0.3 is 5.32 Å². The van der Waals surface area contributed by atoms with Gasteiger partial charge in [-0.25, -0.2) is 4.39 Å². The standard InChI is InChI=1S/C16H17FN2S/c1-9-5-14(12(4)20-9)11(3)19-16-7-13(8-18)6-15(17)10(16)2/h5-7,11,19H,1-4H3. The van der Waals surface area contributed by atoms with Crippen molar-refractivity contribution in [2.24, 2.45) is 0 Å². The lowest BCUT2D eigenvalue weighted by molar-refractivity contribution is 0.618. The minimum atomic E-state index is -0.350. The minimum Gasteiger partial charge on any atom is -0.378 e. The average Bonchev–Trinajstić information content (AvgIpc) is 2.73. The van der Waals surface area contributed by atoms with Crippen LogP contribution < -0.4 is 5.32 Å². The summed E-state index contributed by atoms with van der Waals surface area (Å²) in [7, 11) is 0. The molecule has 0 bridgehead atoms. The minimum absolute atomic E-state index is 0.0759. The van der Waals surface area contributed by atoms with E-state index in [-0.39, 0.29) is 11.9 Å². The third-order valence-electron chi connectivity index (χ3n) is 3.39. The number of anilines is 1. The summed E-state index contributed by atoms with van der Waals surface area (Å²) in [4.78, 5) is 2.52. The largest absolute Gasteiger partial charge is 0.378 e. The lowest BCUT2D eigenvalue weighted by Gasteiger charge is -2.18. The van der Waals surface area contributed by atoms with E-state index in [0.29, 0.717) is 16.8 Å². The van der Waals surface area contributed by atoms with Gasteiger partial charge in [-0.05, 0) is 51.5 Å². The molecule has 0 amide bonds. The third-order valence-corrected chi connectivity index (χ3v) is 4.37. The molecule has 0 aliphatic heterocycles. The molecule has 1 atom stereocenters. The highest BCUT2D eigenvalue weighted by Crippen LogP contribution is 2.30. The molecule has 1 aromatic carbocycles. The molecule has 104 valence electrons. The van der Waals surface area contributed by atoms with Gasteiger partial charge in [-0.3, -0.25) is 0 Å². The Balaban J connectivity index is 2.33. The Morgan fingerprint density at radius 3 is 2.50 bits per heavy atom. The highest BCUT2D eigenvalue weighted by Gasteiger charge is 2.14. The fourth-order valence-electron chi connectivity index (χ4n) is 2.28. The van der Waals surface area contributed by atoms with Crippen molar-refractivity contribution in [3.63, 3.8) is 0 Å². The van der Waals surface area contributed by atoms with Crippen molar-refractivity contribution in [2.75, 3.05) is 5.32 Å². The zero-order chi connectivity index (χ0) is 14.9. The molecule has 0 fully saturated rings. The second-order valence-corrected chi connectivity index (χ2v) is 6.44. The van der Waals surface area contributed by atoms with E-state index in [2.05, 4.69) is 25.2 Å². The van der Waals surface area contributed by atoms with Gasteiger partial charge in [0.05, 0.1) is 11.6 Å². The molecule has 0 aliphatic rings. The molecular formula is C16H17FN2S. The number of halogens is 1. The molecule has 0 aliphatic carbocycles. The Bertz CT molecular complexity index is 683. The number of nitrogens with zero attached hydrogens (tertiary/aromatic N) is 1. The first kappa shape index (κ1) is 14.5. The summed E-state index contributed by atoms with van der Waals surface area (Å²) >= 11 is 1.76. The predicted octanol–water partition coefficient (Wildman–Crippen LogP) is 4.86. The molecule has 2 nitrogen and oxygen atoms in total. The molecular weight excluding hydrogens is 271 g/mol. The van der Waals surface area contributed by atoms with Gasteiger partial charge in [0.1, 0.15) is 5.82 Å². The number of nitriles is 1. The van der Waals surface area contributed by atoms with Crippen molar-refractivity contribution in [2.45, 2.75) is 33.7 Å². The van der Waals surface area contributed by atoms with Gasteiger partial charge in [0.25, 0.3) is 0 Å². The summed E-state index contributed by atoms with van der Waals surface area (Å²) in [6.45, 7) is 7.93. The average molecular weight is 288 g/mol.